The van der Waals surface area contributed by atoms with E-state index in [2.05, 4.69) is 5.32 Å². The van der Waals surface area contributed by atoms with Crippen LogP contribution in [-0.4, -0.2) is 31.7 Å². The van der Waals surface area contributed by atoms with E-state index in [0.717, 1.165) is 18.4 Å². The Morgan fingerprint density at radius 2 is 1.61 bits per heavy atom. The smallest absolute Gasteiger partial charge is 0.255 e. The highest BCUT2D eigenvalue weighted by Crippen LogP contribution is 2.23. The quantitative estimate of drug-likeness (QED) is 0.599. The van der Waals surface area contributed by atoms with Crippen LogP contribution in [0.25, 0.3) is 0 Å². The van der Waals surface area contributed by atoms with Gasteiger partial charge in [0.05, 0.1) is 4.90 Å². The van der Waals surface area contributed by atoms with Gasteiger partial charge in [-0.25, -0.2) is 8.42 Å². The Balaban J connectivity index is 1.40. The van der Waals surface area contributed by atoms with Gasteiger partial charge in [-0.15, -0.1) is 0 Å². The third-order valence-electron chi connectivity index (χ3n) is 5.16. The highest BCUT2D eigenvalue weighted by atomic mass is 32.2. The monoisotopic (exact) mass is 436 g/mol. The summed E-state index contributed by atoms with van der Waals surface area (Å²) in [6.45, 7) is 1.53. The van der Waals surface area contributed by atoms with Crippen LogP contribution >= 0.6 is 0 Å². The Morgan fingerprint density at radius 3 is 2.32 bits per heavy atom. The molecule has 1 heterocycles. The SMILES string of the molecule is O=C(Nc1cccc(S(=O)(=O)N2CCCC2)c1)c1ccc(OCc2ccccc2)cc1. The average molecular weight is 437 g/mol. The van der Waals surface area contributed by atoms with Crippen molar-refractivity contribution >= 4 is 21.6 Å². The number of anilines is 1. The molecule has 0 spiro atoms. The molecule has 3 aromatic carbocycles. The summed E-state index contributed by atoms with van der Waals surface area (Å²) in [7, 11) is -3.53. The summed E-state index contributed by atoms with van der Waals surface area (Å²) in [4.78, 5) is 12.8. The lowest BCUT2D eigenvalue weighted by Gasteiger charge is -2.16. The van der Waals surface area contributed by atoms with E-state index >= 15 is 0 Å². The first-order valence-corrected chi connectivity index (χ1v) is 11.6. The fourth-order valence-corrected chi connectivity index (χ4v) is 5.02. The van der Waals surface area contributed by atoms with E-state index in [9.17, 15) is 13.2 Å². The Kier molecular flexibility index (Phi) is 6.34. The number of benzene rings is 3. The summed E-state index contributed by atoms with van der Waals surface area (Å²) in [5.41, 5.74) is 1.96. The van der Waals surface area contributed by atoms with Gasteiger partial charge in [0, 0.05) is 24.3 Å². The normalized spacial score (nSPS) is 14.3. The standard InChI is InChI=1S/C24H24N2O4S/c27-24(20-11-13-22(14-12-20)30-18-19-7-2-1-3-8-19)25-21-9-6-10-23(17-21)31(28,29)26-15-4-5-16-26/h1-3,6-14,17H,4-5,15-16,18H2,(H,25,27). The number of nitrogens with zero attached hydrogens (tertiary/aromatic N) is 1. The predicted octanol–water partition coefficient (Wildman–Crippen LogP) is 4.30. The number of amides is 1. The van der Waals surface area contributed by atoms with Crippen molar-refractivity contribution in [2.45, 2.75) is 24.3 Å². The molecule has 4 rings (SSSR count). The second-order valence-corrected chi connectivity index (χ2v) is 9.33. The van der Waals surface area contributed by atoms with Crippen molar-refractivity contribution in [3.05, 3.63) is 90.0 Å². The molecule has 0 bridgehead atoms. The second kappa shape index (κ2) is 9.32. The highest BCUT2D eigenvalue weighted by molar-refractivity contribution is 7.89. The van der Waals surface area contributed by atoms with E-state index in [-0.39, 0.29) is 10.8 Å². The molecule has 6 nitrogen and oxygen atoms in total. The van der Waals surface area contributed by atoms with Gasteiger partial charge < -0.3 is 10.1 Å². The molecule has 1 aliphatic rings. The minimum atomic E-state index is -3.53. The molecule has 0 radical (unpaired) electrons. The number of nitrogens with one attached hydrogen (secondary N) is 1. The zero-order valence-corrected chi connectivity index (χ0v) is 17.8. The van der Waals surface area contributed by atoms with Gasteiger partial charge in [-0.1, -0.05) is 36.4 Å². The van der Waals surface area contributed by atoms with Crippen molar-refractivity contribution in [3.63, 3.8) is 0 Å². The van der Waals surface area contributed by atoms with Gasteiger partial charge in [0.2, 0.25) is 10.0 Å². The summed E-state index contributed by atoms with van der Waals surface area (Å²) >= 11 is 0. The summed E-state index contributed by atoms with van der Waals surface area (Å²) in [5, 5.41) is 2.78. The van der Waals surface area contributed by atoms with E-state index in [1.807, 2.05) is 30.3 Å². The van der Waals surface area contributed by atoms with Gasteiger partial charge in [0.25, 0.3) is 5.91 Å². The number of carbonyl (C=O) groups is 1. The first kappa shape index (κ1) is 21.1. The van der Waals surface area contributed by atoms with Gasteiger partial charge in [-0.2, -0.15) is 4.31 Å². The van der Waals surface area contributed by atoms with Crippen LogP contribution in [0.1, 0.15) is 28.8 Å². The molecule has 31 heavy (non-hydrogen) atoms. The molecule has 0 aliphatic carbocycles. The van der Waals surface area contributed by atoms with Gasteiger partial charge in [-0.05, 0) is 60.9 Å². The fourth-order valence-electron chi connectivity index (χ4n) is 3.46. The predicted molar refractivity (Wildman–Crippen MR) is 120 cm³/mol. The van der Waals surface area contributed by atoms with Crippen molar-refractivity contribution < 1.29 is 17.9 Å². The second-order valence-electron chi connectivity index (χ2n) is 7.39. The molecule has 160 valence electrons. The molecule has 1 N–H and O–H groups in total. The largest absolute Gasteiger partial charge is 0.489 e. The van der Waals surface area contributed by atoms with E-state index in [4.69, 9.17) is 4.74 Å². The molecule has 1 saturated heterocycles. The summed E-state index contributed by atoms with van der Waals surface area (Å²) in [6, 6.07) is 23.1. The molecule has 1 aliphatic heterocycles. The van der Waals surface area contributed by atoms with Crippen LogP contribution in [0.3, 0.4) is 0 Å². The Bertz CT molecular complexity index is 1140. The lowest BCUT2D eigenvalue weighted by Crippen LogP contribution is -2.27. The van der Waals surface area contributed by atoms with Crippen LogP contribution in [-0.2, 0) is 16.6 Å². The van der Waals surface area contributed by atoms with Gasteiger partial charge in [0.1, 0.15) is 12.4 Å². The van der Waals surface area contributed by atoms with E-state index in [1.165, 1.54) is 10.4 Å². The van der Waals surface area contributed by atoms with Crippen LogP contribution in [0.15, 0.2) is 83.8 Å². The Hall–Kier alpha value is -3.16. The fraction of sp³-hybridized carbons (Fsp3) is 0.208. The number of sulfonamides is 1. The molecule has 3 aromatic rings. The van der Waals surface area contributed by atoms with E-state index in [1.54, 1.807) is 42.5 Å². The molecule has 0 aromatic heterocycles. The summed E-state index contributed by atoms with van der Waals surface area (Å²) in [6.07, 6.45) is 1.75. The van der Waals surface area contributed by atoms with Crippen LogP contribution < -0.4 is 10.1 Å². The van der Waals surface area contributed by atoms with Crippen molar-refractivity contribution in [2.75, 3.05) is 18.4 Å². The highest BCUT2D eigenvalue weighted by Gasteiger charge is 2.27. The Morgan fingerprint density at radius 1 is 0.903 bits per heavy atom. The molecular weight excluding hydrogens is 412 g/mol. The number of carbonyl (C=O) groups excluding carboxylic acids is 1. The third kappa shape index (κ3) is 5.13. The number of rotatable bonds is 7. The Labute approximate surface area is 182 Å². The van der Waals surface area contributed by atoms with Crippen LogP contribution in [0, 0.1) is 0 Å². The van der Waals surface area contributed by atoms with Crippen LogP contribution in [0.5, 0.6) is 5.75 Å². The zero-order valence-electron chi connectivity index (χ0n) is 17.0. The summed E-state index contributed by atoms with van der Waals surface area (Å²) in [5.74, 6) is 0.351. The van der Waals surface area contributed by atoms with Gasteiger partial charge in [-0.3, -0.25) is 4.79 Å². The van der Waals surface area contributed by atoms with Crippen LogP contribution in [0.4, 0.5) is 5.69 Å². The van der Waals surface area contributed by atoms with Crippen molar-refractivity contribution in [3.8, 4) is 5.75 Å². The molecule has 0 saturated carbocycles. The maximum atomic E-state index is 12.7. The van der Waals surface area contributed by atoms with Crippen molar-refractivity contribution in [1.29, 1.82) is 0 Å². The summed E-state index contributed by atoms with van der Waals surface area (Å²) < 4.78 is 32.7. The van der Waals surface area contributed by atoms with E-state index in [0.29, 0.717) is 36.7 Å². The maximum absolute atomic E-state index is 12.7. The maximum Gasteiger partial charge on any atom is 0.255 e. The van der Waals surface area contributed by atoms with Crippen molar-refractivity contribution in [2.24, 2.45) is 0 Å². The minimum absolute atomic E-state index is 0.192. The van der Waals surface area contributed by atoms with E-state index < -0.39 is 10.0 Å². The number of hydrogen-bond donors (Lipinski definition) is 1. The first-order valence-electron chi connectivity index (χ1n) is 10.2. The van der Waals surface area contributed by atoms with Crippen molar-refractivity contribution in [1.82, 2.24) is 4.31 Å². The third-order valence-corrected chi connectivity index (χ3v) is 7.05. The van der Waals surface area contributed by atoms with Gasteiger partial charge >= 0.3 is 0 Å². The molecule has 7 heteroatoms. The molecule has 0 unspecified atom stereocenters. The molecule has 0 atom stereocenters. The number of ether oxygens (including phenoxy) is 1. The zero-order chi connectivity index (χ0) is 21.7. The first-order chi connectivity index (χ1) is 15.0. The lowest BCUT2D eigenvalue weighted by molar-refractivity contribution is 0.102. The van der Waals surface area contributed by atoms with Gasteiger partial charge in [0.15, 0.2) is 0 Å². The molecule has 1 fully saturated rings. The average Bonchev–Trinajstić information content (AvgIpc) is 3.35. The minimum Gasteiger partial charge on any atom is -0.489 e. The molecule has 1 amide bonds. The topological polar surface area (TPSA) is 75.7 Å². The number of hydrogen-bond acceptors (Lipinski definition) is 4. The van der Waals surface area contributed by atoms with Crippen LogP contribution in [0.2, 0.25) is 0 Å². The lowest BCUT2D eigenvalue weighted by atomic mass is 10.2. The molecular formula is C24H24N2O4S.